The second-order valence-electron chi connectivity index (χ2n) is 7.66. The number of aryl methyl sites for hydroxylation is 1. The second-order valence-corrected chi connectivity index (χ2v) is 7.66. The van der Waals surface area contributed by atoms with Gasteiger partial charge in [-0.25, -0.2) is 0 Å². The van der Waals surface area contributed by atoms with Crippen LogP contribution >= 0.6 is 0 Å². The normalized spacial score (nSPS) is 19.8. The van der Waals surface area contributed by atoms with Crippen LogP contribution in [0.1, 0.15) is 64.5 Å². The molecule has 5 heteroatoms. The van der Waals surface area contributed by atoms with Gasteiger partial charge in [0, 0.05) is 24.8 Å². The van der Waals surface area contributed by atoms with Crippen LogP contribution in [-0.2, 0) is 19.4 Å². The summed E-state index contributed by atoms with van der Waals surface area (Å²) in [5.41, 5.74) is 5.67. The van der Waals surface area contributed by atoms with Crippen LogP contribution in [0.5, 0.6) is 0 Å². The molecule has 1 aliphatic heterocycles. The zero-order chi connectivity index (χ0) is 17.9. The molecule has 1 aromatic heterocycles. The smallest absolute Gasteiger partial charge is 0.253 e. The number of nitrogens with one attached hydrogen (secondary N) is 2. The first kappa shape index (κ1) is 17.3. The van der Waals surface area contributed by atoms with Gasteiger partial charge in [0.25, 0.3) is 5.91 Å². The van der Waals surface area contributed by atoms with Crippen LogP contribution in [0.2, 0.25) is 0 Å². The highest BCUT2D eigenvalue weighted by Gasteiger charge is 2.21. The molecule has 1 saturated heterocycles. The average molecular weight is 352 g/mol. The number of nitrogens with zero attached hydrogens (tertiary/aromatic N) is 2. The summed E-state index contributed by atoms with van der Waals surface area (Å²) in [7, 11) is 1.88. The first-order chi connectivity index (χ1) is 12.7. The van der Waals surface area contributed by atoms with Gasteiger partial charge in [-0.15, -0.1) is 0 Å². The number of hydrogen-bond acceptors (Lipinski definition) is 3. The summed E-state index contributed by atoms with van der Waals surface area (Å²) in [5.74, 6) is 0.586. The molecule has 4 rings (SSSR count). The molecule has 5 nitrogen and oxygen atoms in total. The Morgan fingerprint density at radius 3 is 3.00 bits per heavy atom. The van der Waals surface area contributed by atoms with Crippen LogP contribution in [0.4, 0.5) is 0 Å². The third-order valence-electron chi connectivity index (χ3n) is 5.78. The lowest BCUT2D eigenvalue weighted by atomic mass is 9.90. The van der Waals surface area contributed by atoms with Gasteiger partial charge in [0.2, 0.25) is 0 Å². The molecule has 1 fully saturated rings. The Balaban J connectivity index is 1.47. The van der Waals surface area contributed by atoms with Gasteiger partial charge >= 0.3 is 0 Å². The van der Waals surface area contributed by atoms with Crippen molar-refractivity contribution in [2.45, 2.75) is 51.0 Å². The zero-order valence-electron chi connectivity index (χ0n) is 15.6. The molecule has 2 N–H and O–H groups in total. The number of benzene rings is 1. The molecule has 1 atom stereocenters. The summed E-state index contributed by atoms with van der Waals surface area (Å²) in [4.78, 5) is 14.7. The van der Waals surface area contributed by atoms with Gasteiger partial charge in [-0.2, -0.15) is 5.10 Å². The van der Waals surface area contributed by atoms with E-state index in [1.807, 2.05) is 19.2 Å². The molecule has 2 aromatic rings. The van der Waals surface area contributed by atoms with Crippen LogP contribution in [0.15, 0.2) is 24.3 Å². The van der Waals surface area contributed by atoms with Gasteiger partial charge < -0.3 is 10.2 Å². The Morgan fingerprint density at radius 1 is 1.27 bits per heavy atom. The van der Waals surface area contributed by atoms with Crippen molar-refractivity contribution in [3.63, 3.8) is 0 Å². The van der Waals surface area contributed by atoms with E-state index >= 15 is 0 Å². The highest BCUT2D eigenvalue weighted by molar-refractivity contribution is 5.94. The standard InChI is InChI=1S/C21H28N4O/c1-25(14-20-18-9-2-3-10-19(18)23-24-20)21(26)16-7-4-6-15(12-16)17-8-5-11-22-13-17/h4,6-7,12,17,22H,2-3,5,8-11,13-14H2,1H3,(H,23,24)/t17-/m0/s1. The summed E-state index contributed by atoms with van der Waals surface area (Å²) in [6.07, 6.45) is 7.00. The molecule has 0 saturated carbocycles. The number of rotatable bonds is 4. The van der Waals surface area contributed by atoms with Crippen LogP contribution < -0.4 is 5.32 Å². The number of amides is 1. The Labute approximate surface area is 155 Å². The predicted molar refractivity (Wildman–Crippen MR) is 102 cm³/mol. The first-order valence-corrected chi connectivity index (χ1v) is 9.83. The summed E-state index contributed by atoms with van der Waals surface area (Å²) < 4.78 is 0. The quantitative estimate of drug-likeness (QED) is 0.889. The minimum atomic E-state index is 0.0724. The predicted octanol–water partition coefficient (Wildman–Crippen LogP) is 3.03. The van der Waals surface area contributed by atoms with Crippen LogP contribution in [0.3, 0.4) is 0 Å². The van der Waals surface area contributed by atoms with Gasteiger partial charge in [-0.05, 0) is 74.2 Å². The number of fused-ring (bicyclic) bond motifs is 1. The number of aromatic nitrogens is 2. The summed E-state index contributed by atoms with van der Waals surface area (Å²) in [5, 5.41) is 11.1. The Bertz CT molecular complexity index is 776. The summed E-state index contributed by atoms with van der Waals surface area (Å²) in [6.45, 7) is 2.68. The molecule has 0 spiro atoms. The van der Waals surface area contributed by atoms with Crippen LogP contribution in [0, 0.1) is 0 Å². The minimum absolute atomic E-state index is 0.0724. The van der Waals surface area contributed by atoms with Crippen molar-refractivity contribution in [2.24, 2.45) is 0 Å². The van der Waals surface area contributed by atoms with Crippen molar-refractivity contribution < 1.29 is 4.79 Å². The molecule has 0 bridgehead atoms. The monoisotopic (exact) mass is 352 g/mol. The minimum Gasteiger partial charge on any atom is -0.336 e. The number of piperidine rings is 1. The molecule has 2 aliphatic rings. The molecule has 1 aromatic carbocycles. The maximum Gasteiger partial charge on any atom is 0.253 e. The van der Waals surface area contributed by atoms with Gasteiger partial charge in [0.1, 0.15) is 0 Å². The van der Waals surface area contributed by atoms with E-state index in [9.17, 15) is 4.79 Å². The van der Waals surface area contributed by atoms with Crippen LogP contribution in [-0.4, -0.2) is 41.1 Å². The van der Waals surface area contributed by atoms with Crippen molar-refractivity contribution in [3.05, 3.63) is 52.3 Å². The second kappa shape index (κ2) is 7.62. The number of hydrogen-bond donors (Lipinski definition) is 2. The van der Waals surface area contributed by atoms with E-state index < -0.39 is 0 Å². The van der Waals surface area contributed by atoms with E-state index in [1.165, 1.54) is 42.5 Å². The van der Waals surface area contributed by atoms with Gasteiger partial charge in [-0.3, -0.25) is 9.89 Å². The maximum atomic E-state index is 12.9. The lowest BCUT2D eigenvalue weighted by Crippen LogP contribution is -2.29. The lowest BCUT2D eigenvalue weighted by Gasteiger charge is -2.24. The topological polar surface area (TPSA) is 61.0 Å². The number of aromatic amines is 1. The Hall–Kier alpha value is -2.14. The molecule has 26 heavy (non-hydrogen) atoms. The van der Waals surface area contributed by atoms with E-state index in [4.69, 9.17) is 0 Å². The number of H-pyrrole nitrogens is 1. The molecular formula is C21H28N4O. The molecule has 0 unspecified atom stereocenters. The highest BCUT2D eigenvalue weighted by atomic mass is 16.2. The van der Waals surface area contributed by atoms with Crippen molar-refractivity contribution in [1.29, 1.82) is 0 Å². The van der Waals surface area contributed by atoms with Crippen molar-refractivity contribution in [3.8, 4) is 0 Å². The van der Waals surface area contributed by atoms with Gasteiger partial charge in [0.15, 0.2) is 0 Å². The molecule has 1 aliphatic carbocycles. The third-order valence-corrected chi connectivity index (χ3v) is 5.78. The fourth-order valence-electron chi connectivity index (χ4n) is 4.26. The van der Waals surface area contributed by atoms with E-state index in [-0.39, 0.29) is 5.91 Å². The molecule has 1 amide bonds. The van der Waals surface area contributed by atoms with E-state index in [1.54, 1.807) is 4.90 Å². The molecular weight excluding hydrogens is 324 g/mol. The number of carbonyl (C=O) groups excluding carboxylic acids is 1. The number of carbonyl (C=O) groups is 1. The molecule has 138 valence electrons. The molecule has 2 heterocycles. The lowest BCUT2D eigenvalue weighted by molar-refractivity contribution is 0.0783. The van der Waals surface area contributed by atoms with Crippen molar-refractivity contribution in [2.75, 3.05) is 20.1 Å². The highest BCUT2D eigenvalue weighted by Crippen LogP contribution is 2.25. The van der Waals surface area contributed by atoms with Crippen molar-refractivity contribution >= 4 is 5.91 Å². The average Bonchev–Trinajstić information content (AvgIpc) is 3.11. The maximum absolute atomic E-state index is 12.9. The van der Waals surface area contributed by atoms with E-state index in [2.05, 4.69) is 27.6 Å². The van der Waals surface area contributed by atoms with Gasteiger partial charge in [0.05, 0.1) is 12.2 Å². The van der Waals surface area contributed by atoms with E-state index in [0.717, 1.165) is 37.2 Å². The summed E-state index contributed by atoms with van der Waals surface area (Å²) >= 11 is 0. The summed E-state index contributed by atoms with van der Waals surface area (Å²) in [6, 6.07) is 8.18. The SMILES string of the molecule is CN(Cc1n[nH]c2c1CCCC2)C(=O)c1cccc([C@H]2CCCNC2)c1. The fourth-order valence-corrected chi connectivity index (χ4v) is 4.26. The molecule has 0 radical (unpaired) electrons. The van der Waals surface area contributed by atoms with E-state index in [0.29, 0.717) is 12.5 Å². The fraction of sp³-hybridized carbons (Fsp3) is 0.524. The Kier molecular flexibility index (Phi) is 5.07. The zero-order valence-corrected chi connectivity index (χ0v) is 15.6. The largest absolute Gasteiger partial charge is 0.336 e. The third kappa shape index (κ3) is 3.54. The van der Waals surface area contributed by atoms with Crippen LogP contribution in [0.25, 0.3) is 0 Å². The van der Waals surface area contributed by atoms with Crippen molar-refractivity contribution in [1.82, 2.24) is 20.4 Å². The Morgan fingerprint density at radius 2 is 2.15 bits per heavy atom. The van der Waals surface area contributed by atoms with Gasteiger partial charge in [-0.1, -0.05) is 12.1 Å². The first-order valence-electron chi connectivity index (χ1n) is 9.83.